The van der Waals surface area contributed by atoms with Gasteiger partial charge in [-0.25, -0.2) is 0 Å². The van der Waals surface area contributed by atoms with E-state index in [2.05, 4.69) is 0 Å². The van der Waals surface area contributed by atoms with Gasteiger partial charge < -0.3 is 15.0 Å². The molecule has 0 atom stereocenters. The molecule has 0 aliphatic carbocycles. The number of Topliss-reactive ketones (excluding diaryl/α,β-unsaturated/α-hetero) is 1. The molecule has 0 aliphatic heterocycles. The standard InChI is InChI=1S/C12H14N2O2/c1-14-7-10(12(15)6-13)9-5-8(16-2)3-4-11(9)14/h3-5,7H,6,13H2,1-2H3. The van der Waals surface area contributed by atoms with Crippen molar-refractivity contribution in [2.24, 2.45) is 12.8 Å². The molecule has 1 aromatic heterocycles. The number of benzene rings is 1. The van der Waals surface area contributed by atoms with Crippen LogP contribution in [-0.4, -0.2) is 24.0 Å². The van der Waals surface area contributed by atoms with E-state index in [1.165, 1.54) is 0 Å². The zero-order valence-electron chi connectivity index (χ0n) is 9.36. The number of aryl methyl sites for hydroxylation is 1. The first-order valence-corrected chi connectivity index (χ1v) is 5.03. The highest BCUT2D eigenvalue weighted by Gasteiger charge is 2.12. The molecule has 2 aromatic rings. The quantitative estimate of drug-likeness (QED) is 0.791. The summed E-state index contributed by atoms with van der Waals surface area (Å²) in [6.07, 6.45) is 1.80. The Balaban J connectivity index is 2.70. The van der Waals surface area contributed by atoms with E-state index in [0.717, 1.165) is 16.7 Å². The minimum absolute atomic E-state index is 0.0241. The third-order valence-electron chi connectivity index (χ3n) is 2.68. The molecule has 1 heterocycles. The van der Waals surface area contributed by atoms with E-state index in [4.69, 9.17) is 10.5 Å². The van der Waals surface area contributed by atoms with Crippen LogP contribution in [0.15, 0.2) is 24.4 Å². The molecule has 0 saturated heterocycles. The van der Waals surface area contributed by atoms with E-state index in [9.17, 15) is 4.79 Å². The molecule has 0 bridgehead atoms. The number of hydrogen-bond donors (Lipinski definition) is 1. The van der Waals surface area contributed by atoms with E-state index < -0.39 is 0 Å². The van der Waals surface area contributed by atoms with Gasteiger partial charge in [0.05, 0.1) is 13.7 Å². The molecule has 4 heteroatoms. The van der Waals surface area contributed by atoms with Gasteiger partial charge in [0, 0.05) is 29.7 Å². The molecule has 0 spiro atoms. The molecule has 2 rings (SSSR count). The number of ether oxygens (including phenoxy) is 1. The summed E-state index contributed by atoms with van der Waals surface area (Å²) >= 11 is 0. The highest BCUT2D eigenvalue weighted by Crippen LogP contribution is 2.25. The van der Waals surface area contributed by atoms with Gasteiger partial charge in [-0.3, -0.25) is 4.79 Å². The van der Waals surface area contributed by atoms with E-state index >= 15 is 0 Å². The van der Waals surface area contributed by atoms with E-state index in [1.54, 1.807) is 13.3 Å². The minimum Gasteiger partial charge on any atom is -0.497 e. The van der Waals surface area contributed by atoms with Crippen LogP contribution in [-0.2, 0) is 7.05 Å². The predicted octanol–water partition coefficient (Wildman–Crippen LogP) is 1.33. The number of rotatable bonds is 3. The zero-order valence-corrected chi connectivity index (χ0v) is 9.36. The fourth-order valence-electron chi connectivity index (χ4n) is 1.83. The first-order valence-electron chi connectivity index (χ1n) is 5.03. The number of carbonyl (C=O) groups is 1. The molecule has 2 N–H and O–H groups in total. The van der Waals surface area contributed by atoms with E-state index in [-0.39, 0.29) is 12.3 Å². The van der Waals surface area contributed by atoms with Crippen LogP contribution in [0.3, 0.4) is 0 Å². The maximum absolute atomic E-state index is 11.7. The lowest BCUT2D eigenvalue weighted by Crippen LogP contribution is -2.13. The summed E-state index contributed by atoms with van der Waals surface area (Å²) in [5.74, 6) is 0.684. The van der Waals surface area contributed by atoms with E-state index in [1.807, 2.05) is 29.8 Å². The second-order valence-electron chi connectivity index (χ2n) is 3.66. The molecule has 1 aromatic carbocycles. The second-order valence-corrected chi connectivity index (χ2v) is 3.66. The molecular formula is C12H14N2O2. The van der Waals surface area contributed by atoms with Crippen molar-refractivity contribution >= 4 is 16.7 Å². The zero-order chi connectivity index (χ0) is 11.7. The van der Waals surface area contributed by atoms with Crippen molar-refractivity contribution < 1.29 is 9.53 Å². The molecule has 0 fully saturated rings. The maximum atomic E-state index is 11.7. The minimum atomic E-state index is -0.0566. The van der Waals surface area contributed by atoms with E-state index in [0.29, 0.717) is 5.56 Å². The van der Waals surface area contributed by atoms with Gasteiger partial charge in [-0.1, -0.05) is 0 Å². The summed E-state index contributed by atoms with van der Waals surface area (Å²) in [5.41, 5.74) is 7.03. The highest BCUT2D eigenvalue weighted by molar-refractivity contribution is 6.09. The van der Waals surface area contributed by atoms with Gasteiger partial charge in [0.2, 0.25) is 0 Å². The summed E-state index contributed by atoms with van der Waals surface area (Å²) in [6.45, 7) is 0.0241. The largest absolute Gasteiger partial charge is 0.497 e. The fraction of sp³-hybridized carbons (Fsp3) is 0.250. The Morgan fingerprint density at radius 2 is 2.25 bits per heavy atom. The summed E-state index contributed by atoms with van der Waals surface area (Å²) < 4.78 is 7.06. The molecule has 0 aliphatic rings. The Morgan fingerprint density at radius 1 is 1.50 bits per heavy atom. The Labute approximate surface area is 93.6 Å². The summed E-state index contributed by atoms with van der Waals surface area (Å²) in [7, 11) is 3.51. The lowest BCUT2D eigenvalue weighted by atomic mass is 10.1. The summed E-state index contributed by atoms with van der Waals surface area (Å²) in [6, 6.07) is 5.67. The van der Waals surface area contributed by atoms with Gasteiger partial charge in [0.25, 0.3) is 0 Å². The van der Waals surface area contributed by atoms with Gasteiger partial charge in [-0.2, -0.15) is 0 Å². The van der Waals surface area contributed by atoms with Crippen LogP contribution in [0, 0.1) is 0 Å². The molecule has 0 saturated carbocycles. The van der Waals surface area contributed by atoms with Gasteiger partial charge in [-0.05, 0) is 18.2 Å². The number of ketones is 1. The van der Waals surface area contributed by atoms with Crippen LogP contribution in [0.4, 0.5) is 0 Å². The first-order chi connectivity index (χ1) is 7.67. The van der Waals surface area contributed by atoms with Crippen molar-refractivity contribution in [1.29, 1.82) is 0 Å². The van der Waals surface area contributed by atoms with Crippen molar-refractivity contribution in [2.45, 2.75) is 0 Å². The normalized spacial score (nSPS) is 10.7. The molecule has 4 nitrogen and oxygen atoms in total. The Kier molecular flexibility index (Phi) is 2.66. The number of hydrogen-bond acceptors (Lipinski definition) is 3. The monoisotopic (exact) mass is 218 g/mol. The third kappa shape index (κ3) is 1.57. The number of nitrogens with zero attached hydrogens (tertiary/aromatic N) is 1. The van der Waals surface area contributed by atoms with Crippen molar-refractivity contribution in [3.63, 3.8) is 0 Å². The SMILES string of the molecule is COc1ccc2c(c1)c(C(=O)CN)cn2C. The smallest absolute Gasteiger partial charge is 0.178 e. The number of methoxy groups -OCH3 is 1. The molecular weight excluding hydrogens is 204 g/mol. The summed E-state index contributed by atoms with van der Waals surface area (Å²) in [4.78, 5) is 11.7. The van der Waals surface area contributed by atoms with Crippen LogP contribution in [0.1, 0.15) is 10.4 Å². The lowest BCUT2D eigenvalue weighted by molar-refractivity contribution is 0.100. The first kappa shape index (κ1) is 10.7. The van der Waals surface area contributed by atoms with Crippen molar-refractivity contribution in [1.82, 2.24) is 4.57 Å². The van der Waals surface area contributed by atoms with Gasteiger partial charge in [-0.15, -0.1) is 0 Å². The third-order valence-corrected chi connectivity index (χ3v) is 2.68. The number of nitrogens with two attached hydrogens (primary N) is 1. The molecule has 0 unspecified atom stereocenters. The lowest BCUT2D eigenvalue weighted by Gasteiger charge is -2.01. The number of fused-ring (bicyclic) bond motifs is 1. The van der Waals surface area contributed by atoms with Gasteiger partial charge in [0.1, 0.15) is 5.75 Å². The Bertz CT molecular complexity index is 543. The van der Waals surface area contributed by atoms with Gasteiger partial charge in [0.15, 0.2) is 5.78 Å². The fourth-order valence-corrected chi connectivity index (χ4v) is 1.83. The number of aromatic nitrogens is 1. The van der Waals surface area contributed by atoms with Crippen molar-refractivity contribution in [3.8, 4) is 5.75 Å². The van der Waals surface area contributed by atoms with Crippen LogP contribution in [0.5, 0.6) is 5.75 Å². The average Bonchev–Trinajstić information content (AvgIpc) is 2.65. The van der Waals surface area contributed by atoms with Crippen LogP contribution in [0.25, 0.3) is 10.9 Å². The maximum Gasteiger partial charge on any atom is 0.178 e. The van der Waals surface area contributed by atoms with Crippen molar-refractivity contribution in [2.75, 3.05) is 13.7 Å². The van der Waals surface area contributed by atoms with Crippen LogP contribution < -0.4 is 10.5 Å². The predicted molar refractivity (Wildman–Crippen MR) is 62.9 cm³/mol. The van der Waals surface area contributed by atoms with Crippen LogP contribution in [0.2, 0.25) is 0 Å². The molecule has 16 heavy (non-hydrogen) atoms. The highest BCUT2D eigenvalue weighted by atomic mass is 16.5. The van der Waals surface area contributed by atoms with Crippen molar-refractivity contribution in [3.05, 3.63) is 30.0 Å². The number of carbonyl (C=O) groups excluding carboxylic acids is 1. The molecule has 84 valence electrons. The topological polar surface area (TPSA) is 57.2 Å². The van der Waals surface area contributed by atoms with Crippen LogP contribution >= 0.6 is 0 Å². The molecule has 0 radical (unpaired) electrons. The Hall–Kier alpha value is -1.81. The van der Waals surface area contributed by atoms with Gasteiger partial charge >= 0.3 is 0 Å². The average molecular weight is 218 g/mol. The molecule has 0 amide bonds. The second kappa shape index (κ2) is 3.98. The Morgan fingerprint density at radius 3 is 2.88 bits per heavy atom. The summed E-state index contributed by atoms with van der Waals surface area (Å²) in [5, 5.41) is 0.886.